The first-order valence-electron chi connectivity index (χ1n) is 12.6. The Labute approximate surface area is 209 Å². The summed E-state index contributed by atoms with van der Waals surface area (Å²) in [4.78, 5) is 45.1. The molecule has 11 heteroatoms. The number of anilines is 1. The quantitative estimate of drug-likeness (QED) is 0.542. The zero-order valence-corrected chi connectivity index (χ0v) is 20.1. The van der Waals surface area contributed by atoms with Crippen LogP contribution in [0.15, 0.2) is 43.0 Å². The van der Waals surface area contributed by atoms with Gasteiger partial charge in [-0.3, -0.25) is 14.6 Å². The Morgan fingerprint density at radius 3 is 2.33 bits per heavy atom. The van der Waals surface area contributed by atoms with Crippen LogP contribution in [0, 0.1) is 0 Å². The number of piperazine rings is 1. The number of nitrogens with zero attached hydrogens (tertiary/aromatic N) is 9. The van der Waals surface area contributed by atoms with Crippen LogP contribution < -0.4 is 4.90 Å². The van der Waals surface area contributed by atoms with Gasteiger partial charge in [0.2, 0.25) is 11.9 Å². The first kappa shape index (κ1) is 22.6. The van der Waals surface area contributed by atoms with Crippen LogP contribution in [0.4, 0.5) is 5.95 Å². The Morgan fingerprint density at radius 2 is 1.61 bits per heavy atom. The van der Waals surface area contributed by atoms with E-state index in [9.17, 15) is 9.59 Å². The van der Waals surface area contributed by atoms with E-state index in [-0.39, 0.29) is 23.8 Å². The molecule has 2 fully saturated rings. The first-order valence-corrected chi connectivity index (χ1v) is 12.6. The second-order valence-electron chi connectivity index (χ2n) is 9.57. The molecule has 6 rings (SSSR count). The van der Waals surface area contributed by atoms with Crippen LogP contribution in [-0.4, -0.2) is 90.6 Å². The van der Waals surface area contributed by atoms with E-state index in [1.54, 1.807) is 43.0 Å². The predicted molar refractivity (Wildman–Crippen MR) is 130 cm³/mol. The van der Waals surface area contributed by atoms with Crippen molar-refractivity contribution in [3.8, 4) is 0 Å². The lowest BCUT2D eigenvalue weighted by Gasteiger charge is -2.36. The summed E-state index contributed by atoms with van der Waals surface area (Å²) >= 11 is 0. The monoisotopic (exact) mass is 487 g/mol. The van der Waals surface area contributed by atoms with Gasteiger partial charge in [0.1, 0.15) is 17.7 Å². The number of aryl methyl sites for hydroxylation is 1. The summed E-state index contributed by atoms with van der Waals surface area (Å²) in [5.41, 5.74) is 0.615. The number of rotatable bonds is 4. The van der Waals surface area contributed by atoms with E-state index in [1.807, 2.05) is 9.80 Å². The van der Waals surface area contributed by atoms with E-state index in [2.05, 4.69) is 34.6 Å². The molecule has 186 valence electrons. The topological polar surface area (TPSA) is 113 Å². The van der Waals surface area contributed by atoms with Crippen LogP contribution in [0.1, 0.15) is 53.2 Å². The number of hydrogen-bond acceptors (Lipinski definition) is 8. The Balaban J connectivity index is 1.10. The van der Waals surface area contributed by atoms with E-state index < -0.39 is 0 Å². The number of pyridine rings is 1. The minimum Gasteiger partial charge on any atom is -0.339 e. The van der Waals surface area contributed by atoms with E-state index in [0.717, 1.165) is 37.3 Å². The summed E-state index contributed by atoms with van der Waals surface area (Å²) in [6.45, 7) is 4.04. The van der Waals surface area contributed by atoms with Gasteiger partial charge >= 0.3 is 0 Å². The number of amides is 2. The van der Waals surface area contributed by atoms with E-state index in [1.165, 1.54) is 0 Å². The molecule has 11 nitrogen and oxygen atoms in total. The minimum absolute atomic E-state index is 0.0149. The van der Waals surface area contributed by atoms with Gasteiger partial charge in [-0.1, -0.05) is 0 Å². The van der Waals surface area contributed by atoms with Crippen molar-refractivity contribution in [2.24, 2.45) is 0 Å². The summed E-state index contributed by atoms with van der Waals surface area (Å²) in [7, 11) is 0. The second kappa shape index (κ2) is 9.63. The largest absolute Gasteiger partial charge is 0.339 e. The predicted octanol–water partition coefficient (Wildman–Crippen LogP) is 1.32. The highest BCUT2D eigenvalue weighted by atomic mass is 16.2. The molecule has 0 saturated carbocycles. The van der Waals surface area contributed by atoms with E-state index in [0.29, 0.717) is 50.8 Å². The summed E-state index contributed by atoms with van der Waals surface area (Å²) in [5, 5.41) is 8.95. The number of aromatic nitrogens is 6. The number of piperidine rings is 1. The molecule has 0 radical (unpaired) electrons. The van der Waals surface area contributed by atoms with Crippen LogP contribution in [0.3, 0.4) is 0 Å². The highest BCUT2D eigenvalue weighted by molar-refractivity contribution is 5.93. The molecule has 2 amide bonds. The maximum absolute atomic E-state index is 13.6. The molecule has 0 bridgehead atoms. The van der Waals surface area contributed by atoms with Crippen molar-refractivity contribution < 1.29 is 9.59 Å². The summed E-state index contributed by atoms with van der Waals surface area (Å²) < 4.78 is 2.10. The van der Waals surface area contributed by atoms with Crippen molar-refractivity contribution in [2.75, 3.05) is 44.2 Å². The normalized spacial score (nSPS) is 20.4. The van der Waals surface area contributed by atoms with Crippen molar-refractivity contribution >= 4 is 17.8 Å². The van der Waals surface area contributed by atoms with E-state index in [4.69, 9.17) is 0 Å². The lowest BCUT2D eigenvalue weighted by Crippen LogP contribution is -2.51. The van der Waals surface area contributed by atoms with Gasteiger partial charge in [0, 0.05) is 76.4 Å². The summed E-state index contributed by atoms with van der Waals surface area (Å²) in [5.74, 6) is 2.85. The maximum atomic E-state index is 13.6. The number of carbonyl (C=O) groups is 2. The van der Waals surface area contributed by atoms with Gasteiger partial charge < -0.3 is 19.3 Å². The highest BCUT2D eigenvalue weighted by Crippen LogP contribution is 2.35. The Morgan fingerprint density at radius 1 is 0.833 bits per heavy atom. The molecule has 3 aromatic heterocycles. The number of hydrogen-bond donors (Lipinski definition) is 0. The lowest BCUT2D eigenvalue weighted by atomic mass is 9.95. The van der Waals surface area contributed by atoms with Crippen LogP contribution in [0.25, 0.3) is 0 Å². The third-order valence-corrected chi connectivity index (χ3v) is 7.51. The fourth-order valence-electron chi connectivity index (χ4n) is 5.56. The Kier molecular flexibility index (Phi) is 6.04. The number of carbonyl (C=O) groups excluding carboxylic acids is 2. The first-order chi connectivity index (χ1) is 17.7. The molecule has 3 aliphatic rings. The highest BCUT2D eigenvalue weighted by Gasteiger charge is 2.38. The smallest absolute Gasteiger partial charge is 0.255 e. The Hall–Kier alpha value is -3.89. The van der Waals surface area contributed by atoms with Crippen molar-refractivity contribution in [3.63, 3.8) is 0 Å². The molecule has 1 atom stereocenters. The average molecular weight is 488 g/mol. The summed E-state index contributed by atoms with van der Waals surface area (Å²) in [6.07, 6.45) is 9.91. The number of likely N-dealkylation sites (tertiary alicyclic amines) is 1. The molecule has 0 aliphatic carbocycles. The van der Waals surface area contributed by atoms with Gasteiger partial charge in [0.25, 0.3) is 5.91 Å². The zero-order chi connectivity index (χ0) is 24.5. The van der Waals surface area contributed by atoms with Gasteiger partial charge in [0.15, 0.2) is 0 Å². The van der Waals surface area contributed by atoms with Crippen LogP contribution in [0.5, 0.6) is 0 Å². The van der Waals surface area contributed by atoms with Gasteiger partial charge in [-0.25, -0.2) is 9.97 Å². The molecule has 0 spiro atoms. The fraction of sp³-hybridized carbons (Fsp3) is 0.480. The summed E-state index contributed by atoms with van der Waals surface area (Å²) in [6, 6.07) is 5.14. The van der Waals surface area contributed by atoms with Crippen molar-refractivity contribution in [2.45, 2.75) is 37.6 Å². The standard InChI is InChI=1S/C25H29N9O2/c35-23(19-3-1-8-26-17-19)31-11-6-18(7-12-31)22-30-29-21-5-4-20(34(21)22)24(36)32-13-15-33(16-14-32)25-27-9-2-10-28-25/h1-3,8-10,17-18,20H,4-7,11-16H2. The zero-order valence-electron chi connectivity index (χ0n) is 20.1. The molecule has 0 N–H and O–H groups in total. The Bertz CT molecular complexity index is 1220. The van der Waals surface area contributed by atoms with Crippen molar-refractivity contribution in [1.82, 2.24) is 39.5 Å². The lowest BCUT2D eigenvalue weighted by molar-refractivity contribution is -0.135. The molecular weight excluding hydrogens is 458 g/mol. The average Bonchev–Trinajstić information content (AvgIpc) is 3.56. The third kappa shape index (κ3) is 4.18. The molecule has 3 aromatic rings. The van der Waals surface area contributed by atoms with Crippen LogP contribution in [-0.2, 0) is 11.2 Å². The SMILES string of the molecule is O=C(c1cccnc1)N1CCC(c2nnc3n2C(C(=O)N2CCN(c4ncccn4)CC2)CC3)CC1. The number of fused-ring (bicyclic) bond motifs is 1. The molecule has 2 saturated heterocycles. The van der Waals surface area contributed by atoms with Crippen LogP contribution in [0.2, 0.25) is 0 Å². The molecule has 0 aromatic carbocycles. The molecule has 6 heterocycles. The van der Waals surface area contributed by atoms with Gasteiger partial charge in [-0.05, 0) is 37.5 Å². The second-order valence-corrected chi connectivity index (χ2v) is 9.57. The fourth-order valence-corrected chi connectivity index (χ4v) is 5.56. The van der Waals surface area contributed by atoms with Crippen molar-refractivity contribution in [3.05, 3.63) is 60.2 Å². The van der Waals surface area contributed by atoms with Crippen LogP contribution >= 0.6 is 0 Å². The third-order valence-electron chi connectivity index (χ3n) is 7.51. The molecular formula is C25H29N9O2. The van der Waals surface area contributed by atoms with Crippen molar-refractivity contribution in [1.29, 1.82) is 0 Å². The molecule has 1 unspecified atom stereocenters. The van der Waals surface area contributed by atoms with Gasteiger partial charge in [-0.2, -0.15) is 0 Å². The maximum Gasteiger partial charge on any atom is 0.255 e. The molecule has 36 heavy (non-hydrogen) atoms. The molecule has 3 aliphatic heterocycles. The minimum atomic E-state index is -0.250. The van der Waals surface area contributed by atoms with Gasteiger partial charge in [-0.15, -0.1) is 10.2 Å². The van der Waals surface area contributed by atoms with Gasteiger partial charge in [0.05, 0.1) is 5.56 Å². The van der Waals surface area contributed by atoms with E-state index >= 15 is 0 Å².